The zero-order valence-corrected chi connectivity index (χ0v) is 12.0. The third kappa shape index (κ3) is 3.19. The van der Waals surface area contributed by atoms with E-state index in [0.717, 1.165) is 6.07 Å². The Bertz CT molecular complexity index is 658. The van der Waals surface area contributed by atoms with Crippen LogP contribution in [0.2, 0.25) is 0 Å². The first kappa shape index (κ1) is 15.4. The smallest absolute Gasteiger partial charge is 0.201 e. The zero-order valence-electron chi connectivity index (χ0n) is 12.0. The first-order chi connectivity index (χ1) is 9.93. The highest BCUT2D eigenvalue weighted by Gasteiger charge is 2.17. The Morgan fingerprint density at radius 1 is 1.05 bits per heavy atom. The molecule has 0 spiro atoms. The first-order valence-corrected chi connectivity index (χ1v) is 6.53. The molecule has 0 aliphatic carbocycles. The lowest BCUT2D eigenvalue weighted by Crippen LogP contribution is -2.14. The van der Waals surface area contributed by atoms with Crippen LogP contribution in [0.3, 0.4) is 0 Å². The van der Waals surface area contributed by atoms with Crippen LogP contribution in [-0.4, -0.2) is 7.05 Å². The van der Waals surface area contributed by atoms with Gasteiger partial charge in [-0.1, -0.05) is 6.07 Å². The van der Waals surface area contributed by atoms with Crippen LogP contribution in [0.1, 0.15) is 24.1 Å². The number of rotatable bonds is 4. The molecule has 5 heteroatoms. The van der Waals surface area contributed by atoms with E-state index in [0.29, 0.717) is 16.9 Å². The molecule has 0 aliphatic rings. The van der Waals surface area contributed by atoms with E-state index >= 15 is 0 Å². The predicted molar refractivity (Wildman–Crippen MR) is 75.0 cm³/mol. The molecular formula is C16H16F3NO. The normalized spacial score (nSPS) is 12.3. The molecule has 0 fully saturated rings. The Hall–Kier alpha value is -2.01. The van der Waals surface area contributed by atoms with Gasteiger partial charge in [0.25, 0.3) is 0 Å². The van der Waals surface area contributed by atoms with Gasteiger partial charge in [0.2, 0.25) is 5.82 Å². The minimum Gasteiger partial charge on any atom is -0.454 e. The zero-order chi connectivity index (χ0) is 15.6. The third-order valence-corrected chi connectivity index (χ3v) is 3.33. The first-order valence-electron chi connectivity index (χ1n) is 6.53. The summed E-state index contributed by atoms with van der Waals surface area (Å²) in [6, 6.07) is 6.30. The summed E-state index contributed by atoms with van der Waals surface area (Å²) >= 11 is 0. The number of hydrogen-bond acceptors (Lipinski definition) is 2. The van der Waals surface area contributed by atoms with Crippen LogP contribution in [0.15, 0.2) is 30.3 Å². The second-order valence-electron chi connectivity index (χ2n) is 4.80. The molecule has 1 atom stereocenters. The van der Waals surface area contributed by atoms with Gasteiger partial charge in [-0.2, -0.15) is 4.39 Å². The van der Waals surface area contributed by atoms with E-state index in [2.05, 4.69) is 5.32 Å². The van der Waals surface area contributed by atoms with Crippen LogP contribution in [0, 0.1) is 24.4 Å². The largest absolute Gasteiger partial charge is 0.454 e. The van der Waals surface area contributed by atoms with Crippen LogP contribution >= 0.6 is 0 Å². The molecule has 0 aliphatic heterocycles. The van der Waals surface area contributed by atoms with Crippen molar-refractivity contribution in [2.75, 3.05) is 7.05 Å². The minimum atomic E-state index is -1.07. The molecular weight excluding hydrogens is 279 g/mol. The number of nitrogens with one attached hydrogen (secondary N) is 1. The van der Waals surface area contributed by atoms with Gasteiger partial charge in [-0.15, -0.1) is 0 Å². The maximum Gasteiger partial charge on any atom is 0.201 e. The molecule has 0 bridgehead atoms. The highest BCUT2D eigenvalue weighted by atomic mass is 19.2. The van der Waals surface area contributed by atoms with E-state index in [1.165, 1.54) is 24.3 Å². The van der Waals surface area contributed by atoms with Crippen molar-refractivity contribution in [2.24, 2.45) is 0 Å². The van der Waals surface area contributed by atoms with Gasteiger partial charge >= 0.3 is 0 Å². The van der Waals surface area contributed by atoms with E-state index in [1.807, 2.05) is 6.92 Å². The van der Waals surface area contributed by atoms with E-state index in [1.54, 1.807) is 14.0 Å². The van der Waals surface area contributed by atoms with Crippen molar-refractivity contribution in [1.29, 1.82) is 0 Å². The highest BCUT2D eigenvalue weighted by Crippen LogP contribution is 2.33. The summed E-state index contributed by atoms with van der Waals surface area (Å²) in [7, 11) is 1.72. The molecule has 0 heterocycles. The average molecular weight is 295 g/mol. The monoisotopic (exact) mass is 295 g/mol. The van der Waals surface area contributed by atoms with Gasteiger partial charge in [-0.05, 0) is 50.7 Å². The van der Waals surface area contributed by atoms with Gasteiger partial charge in [-0.3, -0.25) is 0 Å². The van der Waals surface area contributed by atoms with Crippen molar-refractivity contribution in [3.63, 3.8) is 0 Å². The van der Waals surface area contributed by atoms with Gasteiger partial charge in [-0.25, -0.2) is 8.78 Å². The van der Waals surface area contributed by atoms with Crippen LogP contribution in [0.5, 0.6) is 11.5 Å². The molecule has 21 heavy (non-hydrogen) atoms. The molecule has 1 N–H and O–H groups in total. The van der Waals surface area contributed by atoms with Gasteiger partial charge < -0.3 is 10.1 Å². The van der Waals surface area contributed by atoms with Crippen LogP contribution < -0.4 is 10.1 Å². The number of hydrogen-bond donors (Lipinski definition) is 1. The summed E-state index contributed by atoms with van der Waals surface area (Å²) in [5.74, 6) is -2.37. The van der Waals surface area contributed by atoms with Crippen molar-refractivity contribution < 1.29 is 17.9 Å². The van der Waals surface area contributed by atoms with Gasteiger partial charge in [0, 0.05) is 11.6 Å². The van der Waals surface area contributed by atoms with Crippen molar-refractivity contribution >= 4 is 0 Å². The Labute approximate surface area is 121 Å². The molecule has 0 amide bonds. The van der Waals surface area contributed by atoms with Crippen LogP contribution in [0.25, 0.3) is 0 Å². The topological polar surface area (TPSA) is 21.3 Å². The van der Waals surface area contributed by atoms with Crippen LogP contribution in [0.4, 0.5) is 13.2 Å². The van der Waals surface area contributed by atoms with Crippen molar-refractivity contribution in [3.8, 4) is 11.5 Å². The molecule has 2 rings (SSSR count). The average Bonchev–Trinajstić information content (AvgIpc) is 2.46. The number of halogens is 3. The summed E-state index contributed by atoms with van der Waals surface area (Å²) in [5.41, 5.74) is 0.901. The summed E-state index contributed by atoms with van der Waals surface area (Å²) in [5, 5.41) is 2.97. The molecule has 0 saturated heterocycles. The molecule has 112 valence electrons. The number of ether oxygens (including phenoxy) is 1. The highest BCUT2D eigenvalue weighted by molar-refractivity contribution is 5.43. The minimum absolute atomic E-state index is 0.202. The van der Waals surface area contributed by atoms with Crippen molar-refractivity contribution in [2.45, 2.75) is 19.9 Å². The van der Waals surface area contributed by atoms with E-state index in [4.69, 9.17) is 4.74 Å². The Kier molecular flexibility index (Phi) is 4.53. The molecule has 1 unspecified atom stereocenters. The van der Waals surface area contributed by atoms with Gasteiger partial charge in [0.05, 0.1) is 0 Å². The fourth-order valence-electron chi connectivity index (χ4n) is 1.93. The fraction of sp³-hybridized carbons (Fsp3) is 0.250. The molecule has 2 aromatic rings. The molecule has 0 aromatic heterocycles. The maximum atomic E-state index is 13.7. The Morgan fingerprint density at radius 2 is 1.76 bits per heavy atom. The third-order valence-electron chi connectivity index (χ3n) is 3.33. The van der Waals surface area contributed by atoms with Crippen LogP contribution in [-0.2, 0) is 0 Å². The SMILES string of the molecule is CNC(C)c1cc(F)c(C)cc1Oc1cccc(F)c1F. The lowest BCUT2D eigenvalue weighted by Gasteiger charge is -2.18. The quantitative estimate of drug-likeness (QED) is 0.897. The van der Waals surface area contributed by atoms with Gasteiger partial charge in [0.1, 0.15) is 11.6 Å². The maximum absolute atomic E-state index is 13.7. The summed E-state index contributed by atoms with van der Waals surface area (Å²) < 4.78 is 46.1. The number of aryl methyl sites for hydroxylation is 1. The summed E-state index contributed by atoms with van der Waals surface area (Å²) in [4.78, 5) is 0. The molecule has 0 saturated carbocycles. The molecule has 2 nitrogen and oxygen atoms in total. The lowest BCUT2D eigenvalue weighted by molar-refractivity contribution is 0.407. The Morgan fingerprint density at radius 3 is 2.43 bits per heavy atom. The number of benzene rings is 2. The summed E-state index contributed by atoms with van der Waals surface area (Å²) in [6.45, 7) is 3.40. The molecule has 0 radical (unpaired) electrons. The van der Waals surface area contributed by atoms with Gasteiger partial charge in [0.15, 0.2) is 11.6 Å². The summed E-state index contributed by atoms with van der Waals surface area (Å²) in [6.07, 6.45) is 0. The predicted octanol–water partition coefficient (Wildman–Crippen LogP) is 4.49. The molecule has 2 aromatic carbocycles. The van der Waals surface area contributed by atoms with Crippen molar-refractivity contribution in [3.05, 3.63) is 58.9 Å². The standard InChI is InChI=1S/C16H16F3NO/c1-9-7-15(11(8-13(9)18)10(2)20-3)21-14-6-4-5-12(17)16(14)19/h4-8,10,20H,1-3H3. The fourth-order valence-corrected chi connectivity index (χ4v) is 1.93. The van der Waals surface area contributed by atoms with E-state index in [9.17, 15) is 13.2 Å². The Balaban J connectivity index is 2.47. The van der Waals surface area contributed by atoms with Crippen molar-refractivity contribution in [1.82, 2.24) is 5.32 Å². The lowest BCUT2D eigenvalue weighted by atomic mass is 10.0. The van der Waals surface area contributed by atoms with E-state index < -0.39 is 11.6 Å². The second-order valence-corrected chi connectivity index (χ2v) is 4.80. The van der Waals surface area contributed by atoms with E-state index in [-0.39, 0.29) is 17.6 Å². The second kappa shape index (κ2) is 6.18.